The van der Waals surface area contributed by atoms with Gasteiger partial charge in [-0.25, -0.2) is 9.78 Å². The molecule has 0 N–H and O–H groups in total. The summed E-state index contributed by atoms with van der Waals surface area (Å²) in [7, 11) is 0. The zero-order valence-electron chi connectivity index (χ0n) is 10.9. The van der Waals surface area contributed by atoms with Crippen LogP contribution >= 0.6 is 11.6 Å². The number of carbonyl (C=O) groups excluding carboxylic acids is 1. The SMILES string of the molecule is O=C(OC1CCCCCC1)c1cc(Cl)ncc1[N+](=O)[O-]. The minimum absolute atomic E-state index is 0.0309. The van der Waals surface area contributed by atoms with Gasteiger partial charge in [0.25, 0.3) is 0 Å². The number of halogens is 1. The number of pyridine rings is 1. The van der Waals surface area contributed by atoms with Crippen molar-refractivity contribution in [1.82, 2.24) is 4.98 Å². The Kier molecular flexibility index (Phi) is 4.89. The predicted octanol–water partition coefficient (Wildman–Crippen LogP) is 3.52. The Morgan fingerprint density at radius 2 is 2.00 bits per heavy atom. The second-order valence-corrected chi connectivity index (χ2v) is 5.19. The summed E-state index contributed by atoms with van der Waals surface area (Å²) in [5.41, 5.74) is -0.521. The Bertz CT molecular complexity index is 513. The van der Waals surface area contributed by atoms with Crippen molar-refractivity contribution in [3.05, 3.63) is 33.1 Å². The maximum absolute atomic E-state index is 12.1. The molecule has 1 saturated carbocycles. The van der Waals surface area contributed by atoms with Crippen LogP contribution in [0, 0.1) is 10.1 Å². The van der Waals surface area contributed by atoms with Gasteiger partial charge in [-0.2, -0.15) is 0 Å². The molecule has 2 rings (SSSR count). The molecule has 20 heavy (non-hydrogen) atoms. The van der Waals surface area contributed by atoms with Gasteiger partial charge in [0.05, 0.1) is 4.92 Å². The molecule has 108 valence electrons. The molecule has 1 aliphatic rings. The smallest absolute Gasteiger partial charge is 0.345 e. The van der Waals surface area contributed by atoms with Crippen LogP contribution in [0.5, 0.6) is 0 Å². The van der Waals surface area contributed by atoms with Gasteiger partial charge in [-0.1, -0.05) is 24.4 Å². The van der Waals surface area contributed by atoms with Crippen molar-refractivity contribution in [1.29, 1.82) is 0 Å². The summed E-state index contributed by atoms with van der Waals surface area (Å²) in [6.45, 7) is 0. The molecule has 0 spiro atoms. The van der Waals surface area contributed by atoms with Crippen LogP contribution in [0.2, 0.25) is 5.15 Å². The molecule has 0 unspecified atom stereocenters. The van der Waals surface area contributed by atoms with Crippen molar-refractivity contribution < 1.29 is 14.5 Å². The van der Waals surface area contributed by atoms with Crippen molar-refractivity contribution in [3.63, 3.8) is 0 Å². The number of aromatic nitrogens is 1. The lowest BCUT2D eigenvalue weighted by Gasteiger charge is -2.15. The summed E-state index contributed by atoms with van der Waals surface area (Å²) >= 11 is 5.69. The quantitative estimate of drug-likeness (QED) is 0.280. The van der Waals surface area contributed by atoms with E-state index in [4.69, 9.17) is 16.3 Å². The number of rotatable bonds is 3. The second-order valence-electron chi connectivity index (χ2n) is 4.80. The number of carbonyl (C=O) groups is 1. The molecule has 0 aliphatic heterocycles. The van der Waals surface area contributed by atoms with Crippen LogP contribution in [-0.4, -0.2) is 22.0 Å². The Balaban J connectivity index is 2.15. The van der Waals surface area contributed by atoms with E-state index in [1.807, 2.05) is 0 Å². The molecule has 0 amide bonds. The van der Waals surface area contributed by atoms with Gasteiger partial charge in [-0.05, 0) is 31.7 Å². The minimum Gasteiger partial charge on any atom is -0.459 e. The zero-order chi connectivity index (χ0) is 14.5. The Morgan fingerprint density at radius 3 is 2.60 bits per heavy atom. The standard InChI is InChI=1S/C13H15ClN2O4/c14-12-7-10(11(8-15-12)16(18)19)13(17)20-9-5-3-1-2-4-6-9/h7-9H,1-6H2. The molecule has 1 heterocycles. The van der Waals surface area contributed by atoms with E-state index in [2.05, 4.69) is 4.98 Å². The molecule has 7 heteroatoms. The minimum atomic E-state index is -0.701. The van der Waals surface area contributed by atoms with Gasteiger partial charge in [0.1, 0.15) is 23.0 Å². The summed E-state index contributed by atoms with van der Waals surface area (Å²) in [6, 6.07) is 1.18. The van der Waals surface area contributed by atoms with E-state index in [1.165, 1.54) is 6.07 Å². The third kappa shape index (κ3) is 3.66. The van der Waals surface area contributed by atoms with E-state index in [-0.39, 0.29) is 22.5 Å². The molecular weight excluding hydrogens is 284 g/mol. The van der Waals surface area contributed by atoms with Crippen molar-refractivity contribution in [2.45, 2.75) is 44.6 Å². The molecule has 1 aromatic heterocycles. The second kappa shape index (κ2) is 6.65. The van der Waals surface area contributed by atoms with E-state index in [0.717, 1.165) is 44.7 Å². The lowest BCUT2D eigenvalue weighted by atomic mass is 10.1. The molecule has 0 aromatic carbocycles. The summed E-state index contributed by atoms with van der Waals surface area (Å²) in [4.78, 5) is 26.0. The molecule has 1 aromatic rings. The first-order valence-corrected chi connectivity index (χ1v) is 6.96. The molecule has 0 atom stereocenters. The highest BCUT2D eigenvalue weighted by atomic mass is 35.5. The highest BCUT2D eigenvalue weighted by molar-refractivity contribution is 6.29. The van der Waals surface area contributed by atoms with E-state index >= 15 is 0 Å². The molecular formula is C13H15ClN2O4. The van der Waals surface area contributed by atoms with Crippen molar-refractivity contribution in [3.8, 4) is 0 Å². The Morgan fingerprint density at radius 1 is 1.35 bits per heavy atom. The van der Waals surface area contributed by atoms with Gasteiger partial charge in [0.15, 0.2) is 0 Å². The van der Waals surface area contributed by atoms with Crippen LogP contribution in [0.3, 0.4) is 0 Å². The first-order valence-electron chi connectivity index (χ1n) is 6.59. The molecule has 0 saturated heterocycles. The van der Waals surface area contributed by atoms with Crippen LogP contribution in [-0.2, 0) is 4.74 Å². The predicted molar refractivity (Wildman–Crippen MR) is 72.8 cm³/mol. The first-order chi connectivity index (χ1) is 9.58. The van der Waals surface area contributed by atoms with Crippen LogP contribution in [0.4, 0.5) is 5.69 Å². The monoisotopic (exact) mass is 298 g/mol. The Labute approximate surface area is 121 Å². The van der Waals surface area contributed by atoms with E-state index in [1.54, 1.807) is 0 Å². The molecule has 1 fully saturated rings. The van der Waals surface area contributed by atoms with E-state index < -0.39 is 10.9 Å². The average Bonchev–Trinajstić information content (AvgIpc) is 2.66. The highest BCUT2D eigenvalue weighted by Gasteiger charge is 2.25. The summed E-state index contributed by atoms with van der Waals surface area (Å²) < 4.78 is 5.37. The first kappa shape index (κ1) is 14.7. The topological polar surface area (TPSA) is 82.3 Å². The van der Waals surface area contributed by atoms with Gasteiger partial charge in [0.2, 0.25) is 0 Å². The fraction of sp³-hybridized carbons (Fsp3) is 0.538. The average molecular weight is 299 g/mol. The van der Waals surface area contributed by atoms with Crippen molar-refractivity contribution >= 4 is 23.3 Å². The number of nitro groups is 1. The lowest BCUT2D eigenvalue weighted by Crippen LogP contribution is -2.18. The number of esters is 1. The van der Waals surface area contributed by atoms with Gasteiger partial charge >= 0.3 is 11.7 Å². The van der Waals surface area contributed by atoms with Crippen LogP contribution < -0.4 is 0 Å². The number of hydrogen-bond acceptors (Lipinski definition) is 5. The largest absolute Gasteiger partial charge is 0.459 e. The van der Waals surface area contributed by atoms with Gasteiger partial charge in [0, 0.05) is 0 Å². The van der Waals surface area contributed by atoms with E-state index in [0.29, 0.717) is 0 Å². The molecule has 6 nitrogen and oxygen atoms in total. The third-order valence-corrected chi connectivity index (χ3v) is 3.55. The number of hydrogen-bond donors (Lipinski definition) is 0. The summed E-state index contributed by atoms with van der Waals surface area (Å²) in [5, 5.41) is 10.9. The Hall–Kier alpha value is -1.69. The van der Waals surface area contributed by atoms with Crippen molar-refractivity contribution in [2.75, 3.05) is 0 Å². The van der Waals surface area contributed by atoms with Gasteiger partial charge in [-0.3, -0.25) is 10.1 Å². The zero-order valence-corrected chi connectivity index (χ0v) is 11.6. The van der Waals surface area contributed by atoms with Crippen LogP contribution in [0.1, 0.15) is 48.9 Å². The van der Waals surface area contributed by atoms with Crippen LogP contribution in [0.15, 0.2) is 12.3 Å². The summed E-state index contributed by atoms with van der Waals surface area (Å²) in [6.07, 6.45) is 6.71. The van der Waals surface area contributed by atoms with Gasteiger partial charge < -0.3 is 4.74 Å². The maximum atomic E-state index is 12.1. The fourth-order valence-corrected chi connectivity index (χ4v) is 2.46. The van der Waals surface area contributed by atoms with Crippen LogP contribution in [0.25, 0.3) is 0 Å². The molecule has 0 radical (unpaired) electrons. The number of nitrogens with zero attached hydrogens (tertiary/aromatic N) is 2. The fourth-order valence-electron chi connectivity index (χ4n) is 2.31. The third-order valence-electron chi connectivity index (χ3n) is 3.34. The highest BCUT2D eigenvalue weighted by Crippen LogP contribution is 2.25. The molecule has 1 aliphatic carbocycles. The van der Waals surface area contributed by atoms with Gasteiger partial charge in [-0.15, -0.1) is 0 Å². The van der Waals surface area contributed by atoms with E-state index in [9.17, 15) is 14.9 Å². The lowest BCUT2D eigenvalue weighted by molar-refractivity contribution is -0.385. The molecule has 0 bridgehead atoms. The van der Waals surface area contributed by atoms with Crippen molar-refractivity contribution in [2.24, 2.45) is 0 Å². The maximum Gasteiger partial charge on any atom is 0.345 e. The normalized spacial score (nSPS) is 16.4. The summed E-state index contributed by atoms with van der Waals surface area (Å²) in [5.74, 6) is -0.701. The number of ether oxygens (including phenoxy) is 1.